The third-order valence-corrected chi connectivity index (χ3v) is 10.8. The number of hydrogen-bond acceptors (Lipinski definition) is 2. The largest absolute Gasteiger partial charge is 0.335 e. The number of rotatable bonds is 10. The average Bonchev–Trinajstić information content (AvgIpc) is 3.54. The van der Waals surface area contributed by atoms with Crippen LogP contribution in [0.1, 0.15) is 98.4 Å². The molecule has 1 aliphatic carbocycles. The molecule has 0 spiro atoms. The molecule has 2 aliphatic rings. The van der Waals surface area contributed by atoms with Gasteiger partial charge in [0.05, 0.1) is 5.70 Å². The number of aliphatic imine (C=N–C) groups is 1. The van der Waals surface area contributed by atoms with Gasteiger partial charge in [-0.15, -0.1) is 0 Å². The molecule has 1 unspecified atom stereocenters. The second kappa shape index (κ2) is 20.8. The lowest BCUT2D eigenvalue weighted by Crippen LogP contribution is -2.27. The van der Waals surface area contributed by atoms with E-state index in [4.69, 9.17) is 4.99 Å². The van der Waals surface area contributed by atoms with E-state index in [0.29, 0.717) is 0 Å². The minimum Gasteiger partial charge on any atom is -0.335 e. The minimum absolute atomic E-state index is 0.0723. The number of allylic oxidation sites excluding steroid dienone is 10. The number of anilines is 2. The van der Waals surface area contributed by atoms with E-state index in [1.54, 1.807) is 0 Å². The molecule has 0 fully saturated rings. The van der Waals surface area contributed by atoms with Crippen molar-refractivity contribution in [1.29, 1.82) is 0 Å². The van der Waals surface area contributed by atoms with Gasteiger partial charge in [-0.25, -0.2) is 0 Å². The Kier molecular flexibility index (Phi) is 14.8. The highest BCUT2D eigenvalue weighted by molar-refractivity contribution is 6.03. The van der Waals surface area contributed by atoms with Crippen molar-refractivity contribution in [2.24, 2.45) is 4.99 Å². The zero-order valence-electron chi connectivity index (χ0n) is 35.5. The smallest absolute Gasteiger partial charge is 0.0712 e. The zero-order valence-corrected chi connectivity index (χ0v) is 35.5. The fraction of sp³-hybridized carbons (Fsp3) is 0.175. The summed E-state index contributed by atoms with van der Waals surface area (Å²) < 4.78 is 0. The first-order valence-corrected chi connectivity index (χ1v) is 21.1. The van der Waals surface area contributed by atoms with Gasteiger partial charge < -0.3 is 4.90 Å². The van der Waals surface area contributed by atoms with Crippen LogP contribution in [0.5, 0.6) is 0 Å². The fourth-order valence-corrected chi connectivity index (χ4v) is 7.81. The van der Waals surface area contributed by atoms with E-state index < -0.39 is 0 Å². The first kappa shape index (κ1) is 42.1. The van der Waals surface area contributed by atoms with Crippen LogP contribution in [0.2, 0.25) is 0 Å². The van der Waals surface area contributed by atoms with Gasteiger partial charge in [0.15, 0.2) is 0 Å². The minimum atomic E-state index is 0.0723. The Hall–Kier alpha value is -6.51. The predicted octanol–water partition coefficient (Wildman–Crippen LogP) is 15.8. The number of aryl methyl sites for hydroxylation is 1. The van der Waals surface area contributed by atoms with Crippen LogP contribution in [0.25, 0.3) is 34.6 Å². The van der Waals surface area contributed by atoms with Crippen LogP contribution < -0.4 is 4.90 Å². The molecular formula is C57H58N2. The van der Waals surface area contributed by atoms with Crippen molar-refractivity contribution in [3.05, 3.63) is 228 Å². The summed E-state index contributed by atoms with van der Waals surface area (Å²) >= 11 is 0. The summed E-state index contributed by atoms with van der Waals surface area (Å²) in [5, 5.41) is 0. The van der Waals surface area contributed by atoms with Crippen molar-refractivity contribution in [3.63, 3.8) is 0 Å². The quantitative estimate of drug-likeness (QED) is 0.102. The summed E-state index contributed by atoms with van der Waals surface area (Å²) in [5.41, 5.74) is 17.0. The lowest BCUT2D eigenvalue weighted by Gasteiger charge is -2.32. The summed E-state index contributed by atoms with van der Waals surface area (Å²) in [6, 6.07) is 43.7. The number of benzene rings is 5. The number of fused-ring (bicyclic) bond motifs is 1. The molecule has 5 aromatic carbocycles. The second-order valence-electron chi connectivity index (χ2n) is 14.8. The molecule has 0 amide bonds. The van der Waals surface area contributed by atoms with Gasteiger partial charge in [-0.05, 0) is 132 Å². The normalized spacial score (nSPS) is 16.6. The molecule has 2 heteroatoms. The van der Waals surface area contributed by atoms with Crippen molar-refractivity contribution in [3.8, 4) is 0 Å². The maximum Gasteiger partial charge on any atom is 0.0712 e. The molecule has 2 nitrogen and oxygen atoms in total. The molecule has 1 heterocycles. The van der Waals surface area contributed by atoms with Crippen LogP contribution in [0, 0.1) is 0 Å². The van der Waals surface area contributed by atoms with E-state index in [0.717, 1.165) is 70.6 Å². The Balaban J connectivity index is 0.00000288. The van der Waals surface area contributed by atoms with Crippen LogP contribution in [0.4, 0.5) is 11.4 Å². The lowest BCUT2D eigenvalue weighted by atomic mass is 9.94. The van der Waals surface area contributed by atoms with E-state index in [-0.39, 0.29) is 6.04 Å². The molecule has 1 atom stereocenters. The Bertz CT molecular complexity index is 2460. The maximum absolute atomic E-state index is 5.36. The van der Waals surface area contributed by atoms with E-state index in [1.807, 2.05) is 26.0 Å². The molecule has 0 saturated heterocycles. The molecule has 0 radical (unpaired) electrons. The van der Waals surface area contributed by atoms with Crippen molar-refractivity contribution in [2.75, 3.05) is 4.90 Å². The summed E-state index contributed by atoms with van der Waals surface area (Å²) in [5.74, 6) is 0. The Labute approximate surface area is 354 Å². The lowest BCUT2D eigenvalue weighted by molar-refractivity contribution is 0.849. The van der Waals surface area contributed by atoms with Gasteiger partial charge in [0, 0.05) is 28.7 Å². The van der Waals surface area contributed by atoms with Gasteiger partial charge in [-0.2, -0.15) is 0 Å². The highest BCUT2D eigenvalue weighted by Crippen LogP contribution is 2.38. The van der Waals surface area contributed by atoms with Crippen LogP contribution >= 0.6 is 0 Å². The van der Waals surface area contributed by atoms with Crippen LogP contribution in [-0.2, 0) is 6.42 Å². The highest BCUT2D eigenvalue weighted by atomic mass is 15.2. The third-order valence-electron chi connectivity index (χ3n) is 10.8. The highest BCUT2D eigenvalue weighted by Gasteiger charge is 2.22. The number of hydrogen-bond donors (Lipinski definition) is 0. The van der Waals surface area contributed by atoms with Crippen molar-refractivity contribution >= 4 is 51.7 Å². The topological polar surface area (TPSA) is 15.6 Å². The van der Waals surface area contributed by atoms with Gasteiger partial charge >= 0.3 is 0 Å². The van der Waals surface area contributed by atoms with Crippen LogP contribution in [-0.4, -0.2) is 11.8 Å². The van der Waals surface area contributed by atoms with E-state index >= 15 is 0 Å². The SMILES string of the molecule is C=Cc1ccc(/C2=C/C(C)N(c3cccc(/C(=C/C(=C)c4ccccc4)N=C(C)c4ccc(C5=CC=CCC=C5)cc4)c3)c3ccccc3CCC2)cc1/C=C\C.CC. The molecule has 0 aromatic heterocycles. The van der Waals surface area contributed by atoms with Gasteiger partial charge in [0.25, 0.3) is 0 Å². The van der Waals surface area contributed by atoms with E-state index in [9.17, 15) is 0 Å². The van der Waals surface area contributed by atoms with Gasteiger partial charge in [-0.3, -0.25) is 4.99 Å². The molecule has 0 N–H and O–H groups in total. The van der Waals surface area contributed by atoms with Crippen LogP contribution in [0.15, 0.2) is 188 Å². The Morgan fingerprint density at radius 2 is 1.51 bits per heavy atom. The van der Waals surface area contributed by atoms with Crippen molar-refractivity contribution in [2.45, 2.75) is 66.3 Å². The fourth-order valence-electron chi connectivity index (χ4n) is 7.81. The van der Waals surface area contributed by atoms with Gasteiger partial charge in [0.2, 0.25) is 0 Å². The van der Waals surface area contributed by atoms with Gasteiger partial charge in [-0.1, -0.05) is 179 Å². The van der Waals surface area contributed by atoms with Gasteiger partial charge in [0.1, 0.15) is 0 Å². The molecule has 0 saturated carbocycles. The summed E-state index contributed by atoms with van der Waals surface area (Å²) in [4.78, 5) is 7.86. The van der Waals surface area contributed by atoms with E-state index in [1.165, 1.54) is 39.1 Å². The first-order valence-electron chi connectivity index (χ1n) is 21.1. The molecule has 296 valence electrons. The molecule has 7 rings (SSSR count). The summed E-state index contributed by atoms with van der Waals surface area (Å²) in [7, 11) is 0. The van der Waals surface area contributed by atoms with Crippen molar-refractivity contribution < 1.29 is 0 Å². The Morgan fingerprint density at radius 3 is 2.29 bits per heavy atom. The summed E-state index contributed by atoms with van der Waals surface area (Å²) in [6.45, 7) is 19.0. The molecule has 0 bridgehead atoms. The molecule has 59 heavy (non-hydrogen) atoms. The molecule has 1 aliphatic heterocycles. The van der Waals surface area contributed by atoms with Crippen LogP contribution in [0.3, 0.4) is 0 Å². The first-order chi connectivity index (χ1) is 28.9. The number of para-hydroxylation sites is 1. The zero-order chi connectivity index (χ0) is 41.6. The maximum atomic E-state index is 5.36. The predicted molar refractivity (Wildman–Crippen MR) is 261 cm³/mol. The standard InChI is InChI=1S/C55H52N2.C2H6/c1-6-19-49-38-51(35-30-43(49)7-2)50-26-17-25-48-24-15-16-29-55(48)57(41(4)37-50)53-28-18-27-52(39-53)54(36-40(3)44-20-13-10-14-21-44)56-42(5)45-31-33-47(34-32-45)46-22-11-8-9-12-23-46;1-2/h6-8,10-16,18-24,27-39,41H,2-3,9,17,25-26H2,1,4-5H3;1-2H3/b19-6-,50-37+,54-36-,56-42?;. The Morgan fingerprint density at radius 1 is 0.763 bits per heavy atom. The number of nitrogens with zero attached hydrogens (tertiary/aromatic N) is 2. The third kappa shape index (κ3) is 10.5. The van der Waals surface area contributed by atoms with E-state index in [2.05, 4.69) is 209 Å². The monoisotopic (exact) mass is 770 g/mol. The van der Waals surface area contributed by atoms with Crippen molar-refractivity contribution in [1.82, 2.24) is 0 Å². The molecule has 5 aromatic rings. The second-order valence-corrected chi connectivity index (χ2v) is 14.8. The summed E-state index contributed by atoms with van der Waals surface area (Å²) in [6.07, 6.45) is 25.7. The molecular weight excluding hydrogens is 713 g/mol. The average molecular weight is 771 g/mol.